The summed E-state index contributed by atoms with van der Waals surface area (Å²) in [5.41, 5.74) is 5.19. The number of likely N-dealkylation sites (N-methyl/N-ethyl adjacent to an activating group) is 1. The van der Waals surface area contributed by atoms with Crippen molar-refractivity contribution in [2.45, 2.75) is 31.3 Å². The molecule has 3 N–H and O–H groups in total. The molecule has 1 heterocycles. The molecule has 2 atom stereocenters. The maximum Gasteiger partial charge on any atom is 0.0797 e. The molecule has 1 saturated carbocycles. The van der Waals surface area contributed by atoms with Crippen LogP contribution in [0.2, 0.25) is 0 Å². The number of nitrogens with zero attached hydrogens (tertiary/aromatic N) is 3. The van der Waals surface area contributed by atoms with Gasteiger partial charge in [-0.15, -0.1) is 0 Å². The zero-order valence-electron chi connectivity index (χ0n) is 13.9. The van der Waals surface area contributed by atoms with Gasteiger partial charge >= 0.3 is 0 Å². The molecule has 0 aromatic carbocycles. The van der Waals surface area contributed by atoms with Gasteiger partial charge in [0.1, 0.15) is 0 Å². The number of aliphatic hydroxyl groups is 1. The maximum atomic E-state index is 10.5. The molecule has 0 aromatic rings. The maximum absolute atomic E-state index is 10.5. The zero-order chi connectivity index (χ0) is 15.3. The molecule has 0 radical (unpaired) electrons. The van der Waals surface area contributed by atoms with Crippen molar-refractivity contribution >= 4 is 0 Å². The number of rotatable bonds is 7. The molecular weight excluding hydrogens is 264 g/mol. The van der Waals surface area contributed by atoms with Gasteiger partial charge in [-0.3, -0.25) is 4.90 Å². The van der Waals surface area contributed by atoms with Crippen LogP contribution in [0.4, 0.5) is 0 Å². The molecule has 5 heteroatoms. The van der Waals surface area contributed by atoms with Crippen molar-refractivity contribution in [1.29, 1.82) is 0 Å². The van der Waals surface area contributed by atoms with E-state index in [1.54, 1.807) is 0 Å². The lowest BCUT2D eigenvalue weighted by Gasteiger charge is -2.36. The zero-order valence-corrected chi connectivity index (χ0v) is 13.9. The first kappa shape index (κ1) is 17.2. The second kappa shape index (κ2) is 7.88. The van der Waals surface area contributed by atoms with Gasteiger partial charge in [0.25, 0.3) is 0 Å². The van der Waals surface area contributed by atoms with Gasteiger partial charge in [0, 0.05) is 45.8 Å². The predicted octanol–water partition coefficient (Wildman–Crippen LogP) is 0.0456. The van der Waals surface area contributed by atoms with E-state index in [2.05, 4.69) is 28.8 Å². The topological polar surface area (TPSA) is 56.0 Å². The molecule has 0 aromatic heterocycles. The van der Waals surface area contributed by atoms with Gasteiger partial charge in [-0.2, -0.15) is 0 Å². The fourth-order valence-electron chi connectivity index (χ4n) is 3.73. The van der Waals surface area contributed by atoms with Gasteiger partial charge in [-0.1, -0.05) is 6.42 Å². The molecule has 0 amide bonds. The van der Waals surface area contributed by atoms with Gasteiger partial charge in [0.05, 0.1) is 5.60 Å². The molecule has 2 fully saturated rings. The van der Waals surface area contributed by atoms with Crippen LogP contribution in [0.1, 0.15) is 25.7 Å². The average molecular weight is 298 g/mol. The van der Waals surface area contributed by atoms with E-state index in [0.717, 1.165) is 38.8 Å². The Bertz CT molecular complexity index is 305. The van der Waals surface area contributed by atoms with Gasteiger partial charge in [0.15, 0.2) is 0 Å². The predicted molar refractivity (Wildman–Crippen MR) is 87.4 cm³/mol. The first-order valence-electron chi connectivity index (χ1n) is 8.55. The molecule has 1 saturated heterocycles. The third kappa shape index (κ3) is 4.89. The van der Waals surface area contributed by atoms with Crippen LogP contribution in [0.3, 0.4) is 0 Å². The van der Waals surface area contributed by atoms with Crippen molar-refractivity contribution in [3.8, 4) is 0 Å². The Kier molecular flexibility index (Phi) is 6.44. The van der Waals surface area contributed by atoms with Crippen LogP contribution < -0.4 is 5.73 Å². The Morgan fingerprint density at radius 2 is 1.76 bits per heavy atom. The number of hydrogen-bond acceptors (Lipinski definition) is 5. The van der Waals surface area contributed by atoms with E-state index in [0.29, 0.717) is 12.5 Å². The van der Waals surface area contributed by atoms with E-state index in [-0.39, 0.29) is 0 Å². The van der Waals surface area contributed by atoms with Crippen LogP contribution in [-0.4, -0.2) is 91.9 Å². The standard InChI is InChI=1S/C16H34N4O/c1-18(2)8-9-20-12-10-19(11-13-20)7-5-15-4-3-6-16(15,21)14-17/h15,21H,3-14,17H2,1-2H3. The minimum atomic E-state index is -0.576. The summed E-state index contributed by atoms with van der Waals surface area (Å²) in [4.78, 5) is 7.36. The van der Waals surface area contributed by atoms with Gasteiger partial charge in [-0.25, -0.2) is 0 Å². The summed E-state index contributed by atoms with van der Waals surface area (Å²) in [5.74, 6) is 0.411. The molecule has 1 aliphatic heterocycles. The minimum Gasteiger partial charge on any atom is -0.388 e. The summed E-state index contributed by atoms with van der Waals surface area (Å²) in [5, 5.41) is 10.5. The Labute approximate surface area is 130 Å². The van der Waals surface area contributed by atoms with Crippen LogP contribution in [0, 0.1) is 5.92 Å². The summed E-state index contributed by atoms with van der Waals surface area (Å²) < 4.78 is 0. The second-order valence-corrected chi connectivity index (χ2v) is 7.17. The summed E-state index contributed by atoms with van der Waals surface area (Å²) in [6, 6.07) is 0. The van der Waals surface area contributed by atoms with Crippen LogP contribution in [0.5, 0.6) is 0 Å². The fraction of sp³-hybridized carbons (Fsp3) is 1.00. The normalized spacial score (nSPS) is 32.1. The lowest BCUT2D eigenvalue weighted by atomic mass is 9.88. The summed E-state index contributed by atoms with van der Waals surface area (Å²) in [6.07, 6.45) is 4.28. The monoisotopic (exact) mass is 298 g/mol. The molecule has 0 spiro atoms. The Hall–Kier alpha value is -0.200. The highest BCUT2D eigenvalue weighted by Crippen LogP contribution is 2.37. The smallest absolute Gasteiger partial charge is 0.0797 e. The Balaban J connectivity index is 1.65. The molecule has 2 unspecified atom stereocenters. The SMILES string of the molecule is CN(C)CCN1CCN(CCC2CCCC2(O)CN)CC1. The highest BCUT2D eigenvalue weighted by Gasteiger charge is 2.39. The van der Waals surface area contributed by atoms with E-state index in [9.17, 15) is 5.11 Å². The van der Waals surface area contributed by atoms with Crippen molar-refractivity contribution in [1.82, 2.24) is 14.7 Å². The highest BCUT2D eigenvalue weighted by molar-refractivity contribution is 4.93. The van der Waals surface area contributed by atoms with Crippen LogP contribution >= 0.6 is 0 Å². The number of nitrogens with two attached hydrogens (primary N) is 1. The first-order valence-corrected chi connectivity index (χ1v) is 8.55. The van der Waals surface area contributed by atoms with Gasteiger partial charge in [0.2, 0.25) is 0 Å². The molecule has 0 bridgehead atoms. The van der Waals surface area contributed by atoms with Crippen molar-refractivity contribution in [3.05, 3.63) is 0 Å². The highest BCUT2D eigenvalue weighted by atomic mass is 16.3. The largest absolute Gasteiger partial charge is 0.388 e. The lowest BCUT2D eigenvalue weighted by molar-refractivity contribution is 0.00260. The average Bonchev–Trinajstić information content (AvgIpc) is 2.86. The van der Waals surface area contributed by atoms with Crippen LogP contribution in [-0.2, 0) is 0 Å². The number of hydrogen-bond donors (Lipinski definition) is 2. The Morgan fingerprint density at radius 1 is 1.14 bits per heavy atom. The van der Waals surface area contributed by atoms with Crippen molar-refractivity contribution < 1.29 is 5.11 Å². The lowest BCUT2D eigenvalue weighted by Crippen LogP contribution is -2.49. The third-order valence-electron chi connectivity index (χ3n) is 5.40. The minimum absolute atomic E-state index is 0.411. The molecule has 21 heavy (non-hydrogen) atoms. The quantitative estimate of drug-likeness (QED) is 0.695. The molecule has 2 rings (SSSR count). The van der Waals surface area contributed by atoms with E-state index < -0.39 is 5.60 Å². The summed E-state index contributed by atoms with van der Waals surface area (Å²) in [7, 11) is 4.27. The van der Waals surface area contributed by atoms with E-state index in [1.165, 1.54) is 32.7 Å². The molecule has 124 valence electrons. The van der Waals surface area contributed by atoms with E-state index >= 15 is 0 Å². The first-order chi connectivity index (χ1) is 10.0. The molecule has 5 nitrogen and oxygen atoms in total. The third-order valence-corrected chi connectivity index (χ3v) is 5.40. The number of piperazine rings is 1. The van der Waals surface area contributed by atoms with Crippen LogP contribution in [0.25, 0.3) is 0 Å². The van der Waals surface area contributed by atoms with Gasteiger partial charge in [-0.05, 0) is 45.8 Å². The van der Waals surface area contributed by atoms with E-state index in [4.69, 9.17) is 5.73 Å². The van der Waals surface area contributed by atoms with Crippen molar-refractivity contribution in [2.24, 2.45) is 11.7 Å². The van der Waals surface area contributed by atoms with Gasteiger partial charge < -0.3 is 20.6 Å². The molecule has 1 aliphatic carbocycles. The fourth-order valence-corrected chi connectivity index (χ4v) is 3.73. The van der Waals surface area contributed by atoms with Crippen LogP contribution in [0.15, 0.2) is 0 Å². The summed E-state index contributed by atoms with van der Waals surface area (Å²) >= 11 is 0. The molecule has 2 aliphatic rings. The summed E-state index contributed by atoms with van der Waals surface area (Å²) in [6.45, 7) is 8.56. The molecular formula is C16H34N4O. The van der Waals surface area contributed by atoms with Crippen molar-refractivity contribution in [2.75, 3.05) is 66.5 Å². The van der Waals surface area contributed by atoms with Crippen molar-refractivity contribution in [3.63, 3.8) is 0 Å². The Morgan fingerprint density at radius 3 is 2.33 bits per heavy atom. The second-order valence-electron chi connectivity index (χ2n) is 7.17. The van der Waals surface area contributed by atoms with E-state index in [1.807, 2.05) is 0 Å².